The number of allylic oxidation sites excluding steroid dienone is 2. The van der Waals surface area contributed by atoms with Crippen molar-refractivity contribution < 1.29 is 111 Å². The number of aliphatic carboxylic acids is 1. The molecule has 42 nitrogen and oxygen atoms in total. The quantitative estimate of drug-likeness (QED) is 0.0163. The molecule has 0 saturated heterocycles. The smallest absolute Gasteiger partial charge is 0.303 e. The zero-order chi connectivity index (χ0) is 104. The summed E-state index contributed by atoms with van der Waals surface area (Å²) < 4.78 is 0. The van der Waals surface area contributed by atoms with E-state index in [0.29, 0.717) is 59.7 Å². The van der Waals surface area contributed by atoms with Crippen LogP contribution in [-0.4, -0.2) is 246 Å². The number of amides is 15. The van der Waals surface area contributed by atoms with Gasteiger partial charge in [-0.1, -0.05) is 120 Å². The molecule has 3 aromatic carbocycles. The number of rotatable bonds is 39. The summed E-state index contributed by atoms with van der Waals surface area (Å²) >= 11 is 0. The molecule has 42 heteroatoms. The first-order valence-corrected chi connectivity index (χ1v) is 47.0. The molecule has 0 spiro atoms. The second-order valence-electron chi connectivity index (χ2n) is 37.7. The number of H-pyrrole nitrogens is 1. The van der Waals surface area contributed by atoms with Crippen molar-refractivity contribution in [3.8, 4) is 5.75 Å². The number of aromatic nitrogens is 1. The van der Waals surface area contributed by atoms with Gasteiger partial charge in [-0.3, -0.25) is 95.9 Å². The summed E-state index contributed by atoms with van der Waals surface area (Å²) in [6.07, 6.45) is 2.79. The lowest BCUT2D eigenvalue weighted by molar-refractivity contribution is -0.141. The number of hydrogen-bond donors (Lipinski definition) is 22. The number of nitrogens with two attached hydrogens (primary N) is 2. The van der Waals surface area contributed by atoms with Crippen LogP contribution in [0.15, 0.2) is 97.2 Å². The molecule has 2 heterocycles. The van der Waals surface area contributed by atoms with Crippen molar-refractivity contribution in [3.05, 3.63) is 114 Å². The van der Waals surface area contributed by atoms with E-state index in [4.69, 9.17) is 11.5 Å². The number of phenolic OH excluding ortho intramolecular Hbond substituents is 1. The summed E-state index contributed by atoms with van der Waals surface area (Å²) in [5, 5.41) is 69.1. The van der Waals surface area contributed by atoms with Crippen LogP contribution in [0.4, 0.5) is 0 Å². The van der Waals surface area contributed by atoms with Gasteiger partial charge in [0.05, 0.1) is 36.2 Å². The molecule has 0 fully saturated rings. The second-order valence-corrected chi connectivity index (χ2v) is 37.7. The third-order valence-corrected chi connectivity index (χ3v) is 23.8. The Kier molecular flexibility index (Phi) is 46.3. The Morgan fingerprint density at radius 2 is 1.12 bits per heavy atom. The second kappa shape index (κ2) is 55.4. The molecule has 0 bridgehead atoms. The van der Waals surface area contributed by atoms with E-state index in [1.807, 2.05) is 12.2 Å². The van der Waals surface area contributed by atoms with Crippen molar-refractivity contribution in [2.45, 2.75) is 328 Å². The molecule has 139 heavy (non-hydrogen) atoms. The molecule has 5 rings (SSSR count). The highest BCUT2D eigenvalue weighted by molar-refractivity contribution is 6.41. The lowest BCUT2D eigenvalue weighted by Crippen LogP contribution is -2.65. The Morgan fingerprint density at radius 1 is 0.540 bits per heavy atom. The molecule has 24 N–H and O–H groups in total. The number of carboxylic acids is 1. The SMILES string of the molecule is CC(=O)N[C@@H](CC(C)C)C(=O)N[C@H](C(=O)N[C@@H](Cc1ccccc1)C(=O)N[C@]1(C)CCCCCC/C=C/CCC[C@@](C)(C(=O)NC(C)C(=O)N[C@@H](C)C(=O)C(=O)[C@H](C)NNC(C)(C)C(=O)N[C@@H](C)C(=O)N[C@H](C)C(N)=O)NC(=O)[C@H](CC(C)C)CN[C@@H](CCC(N)=O)C(=O)C(=O)C(C)NC(=O)[C@H](Cc2c[nH]c3ccccc23)NC(=O)C(Cc2ccc(O)cc2)NC(=O)[C@H](CCC(=O)O)NC1=O)[C@@H](C)O. The van der Waals surface area contributed by atoms with Crippen molar-refractivity contribution >= 4 is 129 Å². The minimum atomic E-state index is -2.08. The Balaban J connectivity index is 1.59. The van der Waals surface area contributed by atoms with E-state index in [9.17, 15) is 82.4 Å². The number of hydrogen-bond acceptors (Lipinski definition) is 25. The van der Waals surface area contributed by atoms with Gasteiger partial charge in [0.1, 0.15) is 76.7 Å². The number of Topliss-reactive ketones (excluding diaryl/α,β-unsaturated/α-hetero) is 4. The number of aromatic amines is 1. The molecule has 764 valence electrons. The zero-order valence-electron chi connectivity index (χ0n) is 82.1. The normalized spacial score (nSPS) is 21.8. The van der Waals surface area contributed by atoms with E-state index in [2.05, 4.69) is 90.3 Å². The van der Waals surface area contributed by atoms with E-state index in [0.717, 1.165) is 0 Å². The number of para-hydroxylation sites is 1. The maximum absolute atomic E-state index is 15.6. The van der Waals surface area contributed by atoms with Gasteiger partial charge in [0.15, 0.2) is 0 Å². The standard InChI is InChI=1S/C97H143N19O23/c1-52(2)45-65-51-101-69(39-41-75(98)120)81(126)79(124)55(6)103-87(132)74(49-64-50-100-68-34-28-27-33-67(64)68)109-88(133)72(48-63-35-37-66(119)38-36-63)108-86(131)70(40-42-76(121)122)111-94(139)97(16,114-90(135)73(47-62-31-25-24-26-32-62)110-91(136)77(60(11)117)112-89(134)71(46-53(3)4)107-61(12)118)44-30-23-21-19-17-18-20-22-29-43-96(15,113-85(65)130)93(138)106-59(10)83(128)102-54(5)78(123)80(125)56(7)115-116-95(13,14)92(137)105-58(9)84(129)104-57(8)82(99)127/h18,20,24-28,31-38,50,52-60,65,69-74,77,100-101,115-117,119H,17,19,21-23,29-30,39-49,51H2,1-16H3,(H2,98,120)(H2,99,127)(H,102,128)(H,103,132)(H,104,129)(H,105,137)(H,106,138)(H,107,118)(H,108,131)(H,109,133)(H,110,136)(H,111,139)(H,112,134)(H,113,130)(H,114,135)(H,121,122)/b20-18+/t54-,55?,56-,57+,58-,59?,60+,65+,69-,70-,71-,72?,73-,74-,77-,96-,97+/m0/s1. The molecule has 1 aliphatic heterocycles. The van der Waals surface area contributed by atoms with Crippen LogP contribution in [0.5, 0.6) is 5.75 Å². The van der Waals surface area contributed by atoms with Crippen LogP contribution >= 0.6 is 0 Å². The van der Waals surface area contributed by atoms with Gasteiger partial charge in [-0.15, -0.1) is 0 Å². The van der Waals surface area contributed by atoms with Gasteiger partial charge in [-0.2, -0.15) is 0 Å². The number of carbonyl (C=O) groups is 20. The molecule has 4 aromatic rings. The Labute approximate surface area is 809 Å². The average molecular weight is 1940 g/mol. The van der Waals surface area contributed by atoms with Gasteiger partial charge in [0, 0.05) is 62.7 Å². The van der Waals surface area contributed by atoms with E-state index in [1.54, 1.807) is 88.5 Å². The number of nitrogens with one attached hydrogen (secondary N) is 17. The maximum Gasteiger partial charge on any atom is 0.303 e. The van der Waals surface area contributed by atoms with Crippen LogP contribution in [0.3, 0.4) is 0 Å². The fraction of sp³-hybridized carbons (Fsp3) is 0.567. The van der Waals surface area contributed by atoms with Crippen molar-refractivity contribution in [2.24, 2.45) is 29.2 Å². The van der Waals surface area contributed by atoms with Crippen molar-refractivity contribution in [1.82, 2.24) is 90.3 Å². The summed E-state index contributed by atoms with van der Waals surface area (Å²) in [5.41, 5.74) is 12.5. The number of carbonyl (C=O) groups excluding carboxylic acids is 19. The van der Waals surface area contributed by atoms with Gasteiger partial charge in [-0.05, 0) is 187 Å². The lowest BCUT2D eigenvalue weighted by atomic mass is 9.89. The summed E-state index contributed by atoms with van der Waals surface area (Å²) in [4.78, 5) is 284. The summed E-state index contributed by atoms with van der Waals surface area (Å²) in [6, 6.07) is 1.11. The van der Waals surface area contributed by atoms with Gasteiger partial charge in [0.25, 0.3) is 0 Å². The van der Waals surface area contributed by atoms with Gasteiger partial charge in [-0.25, -0.2) is 10.9 Å². The van der Waals surface area contributed by atoms with E-state index < -0.39 is 257 Å². The molecule has 1 aromatic heterocycles. The maximum atomic E-state index is 15.6. The van der Waals surface area contributed by atoms with Crippen LogP contribution in [0.2, 0.25) is 0 Å². The highest BCUT2D eigenvalue weighted by Gasteiger charge is 2.44. The van der Waals surface area contributed by atoms with Crippen LogP contribution in [0.1, 0.15) is 224 Å². The number of ketones is 4. The highest BCUT2D eigenvalue weighted by atomic mass is 16.4. The molecule has 17 atom stereocenters. The van der Waals surface area contributed by atoms with Crippen LogP contribution in [0.25, 0.3) is 10.9 Å². The minimum absolute atomic E-state index is 0.0767. The average Bonchev–Trinajstić information content (AvgIpc) is 1.72. The Bertz CT molecular complexity index is 5020. The topological polar surface area (TPSA) is 662 Å². The number of benzene rings is 3. The predicted molar refractivity (Wildman–Crippen MR) is 513 cm³/mol. The number of aromatic hydroxyl groups is 1. The number of primary amides is 2. The van der Waals surface area contributed by atoms with Crippen LogP contribution in [0, 0.1) is 17.8 Å². The van der Waals surface area contributed by atoms with Gasteiger partial charge < -0.3 is 106 Å². The highest BCUT2D eigenvalue weighted by Crippen LogP contribution is 2.25. The first-order valence-electron chi connectivity index (χ1n) is 47.0. The van der Waals surface area contributed by atoms with E-state index in [-0.39, 0.29) is 75.5 Å². The first-order chi connectivity index (χ1) is 65.1. The van der Waals surface area contributed by atoms with Gasteiger partial charge in [0.2, 0.25) is 112 Å². The summed E-state index contributed by atoms with van der Waals surface area (Å²) in [7, 11) is 0. The Morgan fingerprint density at radius 3 is 1.72 bits per heavy atom. The predicted octanol–water partition coefficient (Wildman–Crippen LogP) is 0.385. The summed E-state index contributed by atoms with van der Waals surface area (Å²) in [5.74, 6) is -21.2. The van der Waals surface area contributed by atoms with E-state index in [1.165, 1.54) is 107 Å². The van der Waals surface area contributed by atoms with Crippen molar-refractivity contribution in [1.29, 1.82) is 0 Å². The monoisotopic (exact) mass is 1940 g/mol. The molecule has 1 aliphatic rings. The Hall–Kier alpha value is -13.2. The molecule has 15 amide bonds. The largest absolute Gasteiger partial charge is 0.508 e. The molecule has 3 unspecified atom stereocenters. The fourth-order valence-corrected chi connectivity index (χ4v) is 15.3. The fourth-order valence-electron chi connectivity index (χ4n) is 15.3. The molecular weight excluding hydrogens is 1800 g/mol. The lowest BCUT2D eigenvalue weighted by Gasteiger charge is -2.34. The summed E-state index contributed by atoms with van der Waals surface area (Å²) in [6.45, 7) is 22.5. The van der Waals surface area contributed by atoms with Crippen LogP contribution < -0.4 is 96.8 Å². The van der Waals surface area contributed by atoms with Crippen molar-refractivity contribution in [3.63, 3.8) is 0 Å². The number of aliphatic hydroxyl groups is 1. The molecule has 0 aliphatic carbocycles. The third-order valence-electron chi connectivity index (χ3n) is 23.8. The zero-order valence-corrected chi connectivity index (χ0v) is 82.1. The third kappa shape index (κ3) is 38.2. The molecule has 0 saturated carbocycles. The van der Waals surface area contributed by atoms with E-state index >= 15 is 28.8 Å². The van der Waals surface area contributed by atoms with Crippen molar-refractivity contribution in [2.75, 3.05) is 6.54 Å². The van der Waals surface area contributed by atoms with Crippen LogP contribution in [-0.2, 0) is 115 Å². The number of aliphatic hydroxyl groups excluding tert-OH is 1. The number of carboxylic acid groups (broad SMARTS) is 1. The number of fused-ring (bicyclic) bond motifs is 1. The first kappa shape index (κ1) is 116. The molecular formula is C97H143N19O23. The minimum Gasteiger partial charge on any atom is -0.508 e. The number of phenols is 1. The molecule has 0 radical (unpaired) electrons. The number of hydrazine groups is 1. The van der Waals surface area contributed by atoms with Gasteiger partial charge >= 0.3 is 5.97 Å².